The Labute approximate surface area is 158 Å². The van der Waals surface area contributed by atoms with Crippen LogP contribution in [0.25, 0.3) is 0 Å². The van der Waals surface area contributed by atoms with Gasteiger partial charge in [0, 0.05) is 33.3 Å². The van der Waals surface area contributed by atoms with Crippen molar-refractivity contribution in [3.05, 3.63) is 80.3 Å². The van der Waals surface area contributed by atoms with Gasteiger partial charge in [-0.1, -0.05) is 18.2 Å². The predicted octanol–water partition coefficient (Wildman–Crippen LogP) is 4.90. The summed E-state index contributed by atoms with van der Waals surface area (Å²) in [6.07, 6.45) is 0. The van der Waals surface area contributed by atoms with Crippen LogP contribution in [-0.4, -0.2) is 15.8 Å². The van der Waals surface area contributed by atoms with Crippen molar-refractivity contribution in [1.29, 1.82) is 0 Å². The minimum absolute atomic E-state index is 0.0195. The van der Waals surface area contributed by atoms with Crippen LogP contribution in [0.2, 0.25) is 0 Å². The summed E-state index contributed by atoms with van der Waals surface area (Å²) in [6.45, 7) is 1.66. The fraction of sp³-hybridized carbons (Fsp3) is 0.111. The van der Waals surface area contributed by atoms with E-state index in [1.165, 1.54) is 29.2 Å². The molecule has 6 nitrogen and oxygen atoms in total. The smallest absolute Gasteiger partial charge is 0.274 e. The molecular weight excluding hydrogens is 370 g/mol. The molecule has 132 valence electrons. The van der Waals surface area contributed by atoms with Crippen LogP contribution >= 0.6 is 23.1 Å². The lowest BCUT2D eigenvalue weighted by Gasteiger charge is -2.10. The number of carbonyl (C=O) groups excluding carboxylic acids is 1. The number of hydrogen-bond donors (Lipinski definition) is 1. The molecule has 0 aliphatic rings. The fourth-order valence-corrected chi connectivity index (χ4v) is 3.94. The van der Waals surface area contributed by atoms with E-state index in [2.05, 4.69) is 10.3 Å². The van der Waals surface area contributed by atoms with Crippen LogP contribution in [0, 0.1) is 17.0 Å². The summed E-state index contributed by atoms with van der Waals surface area (Å²) >= 11 is 3.06. The minimum Gasteiger partial charge on any atom is -0.322 e. The van der Waals surface area contributed by atoms with Gasteiger partial charge in [0.05, 0.1) is 21.7 Å². The Balaban J connectivity index is 1.78. The molecule has 8 heteroatoms. The number of amides is 1. The summed E-state index contributed by atoms with van der Waals surface area (Å²) in [4.78, 5) is 28.3. The molecule has 1 heterocycles. The normalized spacial score (nSPS) is 10.5. The maximum absolute atomic E-state index is 12.7. The summed E-state index contributed by atoms with van der Waals surface area (Å²) in [5.74, 6) is 0.369. The third-order valence-corrected chi connectivity index (χ3v) is 5.40. The van der Waals surface area contributed by atoms with Crippen molar-refractivity contribution in [3.63, 3.8) is 0 Å². The molecule has 3 rings (SSSR count). The zero-order valence-corrected chi connectivity index (χ0v) is 15.5. The Kier molecular flexibility index (Phi) is 5.65. The van der Waals surface area contributed by atoms with Gasteiger partial charge in [0.1, 0.15) is 0 Å². The summed E-state index contributed by atoms with van der Waals surface area (Å²) < 4.78 is 0. The number of thiazole rings is 1. The molecule has 2 aromatic carbocycles. The molecule has 0 atom stereocenters. The topological polar surface area (TPSA) is 85.1 Å². The number of rotatable bonds is 6. The third-order valence-electron chi connectivity index (χ3n) is 3.65. The van der Waals surface area contributed by atoms with Gasteiger partial charge >= 0.3 is 0 Å². The summed E-state index contributed by atoms with van der Waals surface area (Å²) in [6, 6.07) is 11.9. The summed E-state index contributed by atoms with van der Waals surface area (Å²) in [5, 5.41) is 15.8. The first-order chi connectivity index (χ1) is 12.5. The fourth-order valence-electron chi connectivity index (χ4n) is 2.32. The van der Waals surface area contributed by atoms with Gasteiger partial charge in [0.2, 0.25) is 0 Å². The maximum atomic E-state index is 12.7. The summed E-state index contributed by atoms with van der Waals surface area (Å²) in [7, 11) is 0. The van der Waals surface area contributed by atoms with Gasteiger partial charge in [-0.3, -0.25) is 14.9 Å². The largest absolute Gasteiger partial charge is 0.322 e. The van der Waals surface area contributed by atoms with Gasteiger partial charge in [-0.15, -0.1) is 23.1 Å². The Bertz CT molecular complexity index is 943. The Morgan fingerprint density at radius 3 is 2.85 bits per heavy atom. The molecule has 0 unspecified atom stereocenters. The SMILES string of the molecule is Cc1ccc(NC(=O)c2ccccc2SCc2cscn2)cc1[N+](=O)[O-]. The van der Waals surface area contributed by atoms with Crippen LogP contribution in [0.3, 0.4) is 0 Å². The van der Waals surface area contributed by atoms with Crippen LogP contribution in [0.5, 0.6) is 0 Å². The average Bonchev–Trinajstić information content (AvgIpc) is 3.15. The maximum Gasteiger partial charge on any atom is 0.274 e. The van der Waals surface area contributed by atoms with Crippen LogP contribution in [0.4, 0.5) is 11.4 Å². The van der Waals surface area contributed by atoms with Gasteiger partial charge in [-0.05, 0) is 25.1 Å². The highest BCUT2D eigenvalue weighted by atomic mass is 32.2. The molecule has 0 fully saturated rings. The molecule has 0 aliphatic heterocycles. The van der Waals surface area contributed by atoms with E-state index in [0.29, 0.717) is 22.6 Å². The van der Waals surface area contributed by atoms with Gasteiger partial charge in [-0.2, -0.15) is 0 Å². The van der Waals surface area contributed by atoms with Gasteiger partial charge < -0.3 is 5.32 Å². The van der Waals surface area contributed by atoms with Crippen molar-refractivity contribution in [3.8, 4) is 0 Å². The van der Waals surface area contributed by atoms with E-state index in [4.69, 9.17) is 0 Å². The first kappa shape index (κ1) is 18.1. The summed E-state index contributed by atoms with van der Waals surface area (Å²) in [5.41, 5.74) is 4.19. The number of nitro groups is 1. The number of carbonyl (C=O) groups is 1. The molecule has 1 N–H and O–H groups in total. The second-order valence-electron chi connectivity index (χ2n) is 5.48. The van der Waals surface area contributed by atoms with Crippen molar-refractivity contribution in [2.45, 2.75) is 17.6 Å². The number of hydrogen-bond acceptors (Lipinski definition) is 6. The van der Waals surface area contributed by atoms with E-state index >= 15 is 0 Å². The highest BCUT2D eigenvalue weighted by Gasteiger charge is 2.15. The van der Waals surface area contributed by atoms with Crippen molar-refractivity contribution >= 4 is 40.4 Å². The highest BCUT2D eigenvalue weighted by molar-refractivity contribution is 7.98. The molecule has 3 aromatic rings. The number of benzene rings is 2. The average molecular weight is 385 g/mol. The zero-order valence-electron chi connectivity index (χ0n) is 13.8. The predicted molar refractivity (Wildman–Crippen MR) is 104 cm³/mol. The molecule has 26 heavy (non-hydrogen) atoms. The highest BCUT2D eigenvalue weighted by Crippen LogP contribution is 2.28. The molecule has 1 amide bonds. The monoisotopic (exact) mass is 385 g/mol. The van der Waals surface area contributed by atoms with E-state index in [0.717, 1.165) is 10.6 Å². The van der Waals surface area contributed by atoms with Crippen LogP contribution in [0.1, 0.15) is 21.6 Å². The van der Waals surface area contributed by atoms with E-state index in [1.54, 1.807) is 36.7 Å². The number of nitro benzene ring substituents is 1. The molecule has 0 spiro atoms. The van der Waals surface area contributed by atoms with E-state index in [-0.39, 0.29) is 11.6 Å². The molecule has 0 aliphatic carbocycles. The van der Waals surface area contributed by atoms with Crippen molar-refractivity contribution in [1.82, 2.24) is 4.98 Å². The van der Waals surface area contributed by atoms with Crippen molar-refractivity contribution in [2.24, 2.45) is 0 Å². The lowest BCUT2D eigenvalue weighted by Crippen LogP contribution is -2.13. The van der Waals surface area contributed by atoms with E-state index < -0.39 is 4.92 Å². The second-order valence-corrected chi connectivity index (χ2v) is 7.21. The van der Waals surface area contributed by atoms with Gasteiger partial charge in [0.15, 0.2) is 0 Å². The molecule has 0 bridgehead atoms. The zero-order chi connectivity index (χ0) is 18.5. The second kappa shape index (κ2) is 8.11. The van der Waals surface area contributed by atoms with Crippen LogP contribution < -0.4 is 5.32 Å². The minimum atomic E-state index is -0.456. The van der Waals surface area contributed by atoms with Crippen LogP contribution in [0.15, 0.2) is 58.3 Å². The first-order valence-electron chi connectivity index (χ1n) is 7.70. The number of nitrogens with zero attached hydrogens (tertiary/aromatic N) is 2. The Hall–Kier alpha value is -2.71. The van der Waals surface area contributed by atoms with Crippen LogP contribution in [-0.2, 0) is 5.75 Å². The van der Waals surface area contributed by atoms with Gasteiger partial charge in [-0.25, -0.2) is 4.98 Å². The van der Waals surface area contributed by atoms with E-state index in [9.17, 15) is 14.9 Å². The number of aromatic nitrogens is 1. The third kappa shape index (κ3) is 4.27. The molecule has 0 saturated carbocycles. The number of anilines is 1. The van der Waals surface area contributed by atoms with Gasteiger partial charge in [0.25, 0.3) is 11.6 Å². The number of aryl methyl sites for hydroxylation is 1. The molecule has 1 aromatic heterocycles. The lowest BCUT2D eigenvalue weighted by molar-refractivity contribution is -0.385. The Morgan fingerprint density at radius 2 is 2.12 bits per heavy atom. The Morgan fingerprint density at radius 1 is 1.31 bits per heavy atom. The number of nitrogens with one attached hydrogen (secondary N) is 1. The van der Waals surface area contributed by atoms with Crippen molar-refractivity contribution < 1.29 is 9.72 Å². The standard InChI is InChI=1S/C18H15N3O3S2/c1-12-6-7-13(8-16(12)21(23)24)20-18(22)15-4-2-3-5-17(15)26-10-14-9-25-11-19-14/h2-9,11H,10H2,1H3,(H,20,22). The first-order valence-corrected chi connectivity index (χ1v) is 9.62. The lowest BCUT2D eigenvalue weighted by atomic mass is 10.1. The quantitative estimate of drug-likeness (QED) is 0.370. The van der Waals surface area contributed by atoms with E-state index in [1.807, 2.05) is 17.5 Å². The molecule has 0 saturated heterocycles. The molecular formula is C18H15N3O3S2. The van der Waals surface area contributed by atoms with Crippen molar-refractivity contribution in [2.75, 3.05) is 5.32 Å². The number of thioether (sulfide) groups is 1. The molecule has 0 radical (unpaired) electrons.